The van der Waals surface area contributed by atoms with E-state index in [1.54, 1.807) is 31.4 Å². The fourth-order valence-electron chi connectivity index (χ4n) is 5.18. The molecule has 6 heteroatoms. The van der Waals surface area contributed by atoms with E-state index < -0.39 is 10.0 Å². The molecule has 1 aromatic heterocycles. The molecule has 0 fully saturated rings. The smallest absolute Gasteiger partial charge is 0.265 e. The van der Waals surface area contributed by atoms with Crippen LogP contribution in [0.3, 0.4) is 0 Å². The molecule has 208 valence electrons. The molecule has 0 aliphatic rings. The molecule has 0 spiro atoms. The predicted octanol–water partition coefficient (Wildman–Crippen LogP) is 8.42. The standard InChI is InChI=1S/C36H30N2O3S/c1-41-31-22-24-32(25-23-31)42(39,40)38(26-27-14-6-2-7-15-27)36-34(29-18-10-4-11-19-29)33(28-16-8-3-9-17-28)35(37-36)30-20-12-5-13-21-30/h2-25,37H,26H2,1H3. The van der Waals surface area contributed by atoms with Crippen LogP contribution >= 0.6 is 0 Å². The maximum absolute atomic E-state index is 14.6. The Bertz CT molecular complexity index is 1870. The number of sulfonamides is 1. The van der Waals surface area contributed by atoms with Crippen LogP contribution in [0.15, 0.2) is 150 Å². The number of anilines is 1. The van der Waals surface area contributed by atoms with Gasteiger partial charge in [-0.3, -0.25) is 0 Å². The molecule has 0 atom stereocenters. The van der Waals surface area contributed by atoms with E-state index in [4.69, 9.17) is 4.74 Å². The van der Waals surface area contributed by atoms with Crippen molar-refractivity contribution in [2.45, 2.75) is 11.4 Å². The van der Waals surface area contributed by atoms with Gasteiger partial charge < -0.3 is 9.72 Å². The quantitative estimate of drug-likeness (QED) is 0.190. The average Bonchev–Trinajstić information content (AvgIpc) is 3.45. The highest BCUT2D eigenvalue weighted by Crippen LogP contribution is 2.47. The van der Waals surface area contributed by atoms with Crippen molar-refractivity contribution in [3.63, 3.8) is 0 Å². The fourth-order valence-corrected chi connectivity index (χ4v) is 6.61. The van der Waals surface area contributed by atoms with Crippen molar-refractivity contribution < 1.29 is 13.2 Å². The van der Waals surface area contributed by atoms with Gasteiger partial charge in [-0.2, -0.15) is 0 Å². The van der Waals surface area contributed by atoms with Gasteiger partial charge in [0.15, 0.2) is 0 Å². The second-order valence-electron chi connectivity index (χ2n) is 9.87. The number of nitrogens with zero attached hydrogens (tertiary/aromatic N) is 1. The van der Waals surface area contributed by atoms with Crippen molar-refractivity contribution in [3.8, 4) is 39.3 Å². The number of hydrogen-bond acceptors (Lipinski definition) is 3. The highest BCUT2D eigenvalue weighted by atomic mass is 32.2. The maximum Gasteiger partial charge on any atom is 0.265 e. The number of ether oxygens (including phenoxy) is 1. The van der Waals surface area contributed by atoms with E-state index in [0.717, 1.165) is 39.1 Å². The first-order valence-corrected chi connectivity index (χ1v) is 15.1. The number of nitrogens with one attached hydrogen (secondary N) is 1. The van der Waals surface area contributed by atoms with E-state index in [1.807, 2.05) is 109 Å². The summed E-state index contributed by atoms with van der Waals surface area (Å²) in [5.41, 5.74) is 6.32. The minimum Gasteiger partial charge on any atom is -0.497 e. The van der Waals surface area contributed by atoms with Crippen LogP contribution in [0.1, 0.15) is 5.56 Å². The molecular formula is C36H30N2O3S. The molecule has 42 heavy (non-hydrogen) atoms. The zero-order valence-electron chi connectivity index (χ0n) is 23.1. The van der Waals surface area contributed by atoms with Crippen LogP contribution in [0.5, 0.6) is 5.75 Å². The van der Waals surface area contributed by atoms with Gasteiger partial charge in [0.25, 0.3) is 10.0 Å². The summed E-state index contributed by atoms with van der Waals surface area (Å²) in [7, 11) is -2.47. The van der Waals surface area contributed by atoms with Gasteiger partial charge >= 0.3 is 0 Å². The van der Waals surface area contributed by atoms with Crippen LogP contribution in [-0.2, 0) is 16.6 Å². The summed E-state index contributed by atoms with van der Waals surface area (Å²) in [4.78, 5) is 3.78. The van der Waals surface area contributed by atoms with E-state index in [2.05, 4.69) is 17.1 Å². The van der Waals surface area contributed by atoms with Gasteiger partial charge in [0.05, 0.1) is 24.2 Å². The van der Waals surface area contributed by atoms with Crippen molar-refractivity contribution in [1.82, 2.24) is 4.98 Å². The molecule has 5 nitrogen and oxygen atoms in total. The second-order valence-corrected chi connectivity index (χ2v) is 11.7. The predicted molar refractivity (Wildman–Crippen MR) is 170 cm³/mol. The van der Waals surface area contributed by atoms with Crippen molar-refractivity contribution >= 4 is 15.8 Å². The molecule has 0 bridgehead atoms. The molecule has 1 heterocycles. The van der Waals surface area contributed by atoms with Crippen molar-refractivity contribution in [1.29, 1.82) is 0 Å². The van der Waals surface area contributed by atoms with Gasteiger partial charge in [0.1, 0.15) is 11.6 Å². The van der Waals surface area contributed by atoms with Crippen LogP contribution in [-0.4, -0.2) is 20.5 Å². The number of aromatic nitrogens is 1. The molecule has 0 radical (unpaired) electrons. The van der Waals surface area contributed by atoms with Gasteiger partial charge in [-0.15, -0.1) is 0 Å². The highest BCUT2D eigenvalue weighted by molar-refractivity contribution is 7.92. The zero-order chi connectivity index (χ0) is 28.9. The Morgan fingerprint density at radius 3 is 1.60 bits per heavy atom. The first kappa shape index (κ1) is 27.1. The van der Waals surface area contributed by atoms with Gasteiger partial charge in [-0.05, 0) is 46.5 Å². The molecule has 0 aliphatic heterocycles. The topological polar surface area (TPSA) is 62.4 Å². The van der Waals surface area contributed by atoms with E-state index in [0.29, 0.717) is 11.6 Å². The summed E-state index contributed by atoms with van der Waals surface area (Å²) >= 11 is 0. The van der Waals surface area contributed by atoms with Crippen LogP contribution in [0.4, 0.5) is 5.82 Å². The fraction of sp³-hybridized carbons (Fsp3) is 0.0556. The minimum absolute atomic E-state index is 0.137. The Kier molecular flexibility index (Phi) is 7.62. The van der Waals surface area contributed by atoms with Crippen molar-refractivity contribution in [2.24, 2.45) is 0 Å². The summed E-state index contributed by atoms with van der Waals surface area (Å²) in [6.45, 7) is 0.137. The molecule has 0 saturated heterocycles. The summed E-state index contributed by atoms with van der Waals surface area (Å²) in [5.74, 6) is 1.09. The molecule has 5 aromatic carbocycles. The molecule has 6 rings (SSSR count). The van der Waals surface area contributed by atoms with E-state index in [1.165, 1.54) is 4.31 Å². The molecule has 0 saturated carbocycles. The zero-order valence-corrected chi connectivity index (χ0v) is 24.0. The average molecular weight is 571 g/mol. The van der Waals surface area contributed by atoms with Crippen molar-refractivity contribution in [2.75, 3.05) is 11.4 Å². The lowest BCUT2D eigenvalue weighted by Gasteiger charge is -2.25. The molecular weight excluding hydrogens is 540 g/mol. The monoisotopic (exact) mass is 570 g/mol. The highest BCUT2D eigenvalue weighted by Gasteiger charge is 2.32. The van der Waals surface area contributed by atoms with Crippen LogP contribution in [0, 0.1) is 0 Å². The SMILES string of the molecule is COc1ccc(S(=O)(=O)N(Cc2ccccc2)c2[nH]c(-c3ccccc3)c(-c3ccccc3)c2-c2ccccc2)cc1. The molecule has 0 aliphatic carbocycles. The molecule has 0 unspecified atom stereocenters. The number of benzene rings is 5. The normalized spacial score (nSPS) is 11.3. The summed E-state index contributed by atoms with van der Waals surface area (Å²) in [5, 5.41) is 0. The first-order chi connectivity index (χ1) is 20.6. The second kappa shape index (κ2) is 11.8. The third kappa shape index (κ3) is 5.32. The number of hydrogen-bond donors (Lipinski definition) is 1. The Hall–Kier alpha value is -5.07. The number of H-pyrrole nitrogens is 1. The molecule has 1 N–H and O–H groups in total. The number of rotatable bonds is 9. The van der Waals surface area contributed by atoms with Crippen molar-refractivity contribution in [3.05, 3.63) is 151 Å². The first-order valence-electron chi connectivity index (χ1n) is 13.7. The third-order valence-electron chi connectivity index (χ3n) is 7.23. The lowest BCUT2D eigenvalue weighted by atomic mass is 9.94. The lowest BCUT2D eigenvalue weighted by Crippen LogP contribution is -2.31. The van der Waals surface area contributed by atoms with Gasteiger partial charge in [-0.25, -0.2) is 12.7 Å². The lowest BCUT2D eigenvalue weighted by molar-refractivity contribution is 0.414. The maximum atomic E-state index is 14.6. The number of methoxy groups -OCH3 is 1. The van der Waals surface area contributed by atoms with Crippen LogP contribution in [0.2, 0.25) is 0 Å². The largest absolute Gasteiger partial charge is 0.497 e. The molecule has 6 aromatic rings. The summed E-state index contributed by atoms with van der Waals surface area (Å²) in [6, 6.07) is 46.3. The Morgan fingerprint density at radius 2 is 1.07 bits per heavy atom. The van der Waals surface area contributed by atoms with Gasteiger partial charge in [0, 0.05) is 11.1 Å². The van der Waals surface area contributed by atoms with Gasteiger partial charge in [-0.1, -0.05) is 121 Å². The summed E-state index contributed by atoms with van der Waals surface area (Å²) < 4.78 is 36.0. The van der Waals surface area contributed by atoms with Crippen LogP contribution in [0.25, 0.3) is 33.5 Å². The van der Waals surface area contributed by atoms with E-state index in [-0.39, 0.29) is 11.4 Å². The van der Waals surface area contributed by atoms with Gasteiger partial charge in [0.2, 0.25) is 0 Å². The third-order valence-corrected chi connectivity index (χ3v) is 8.99. The Morgan fingerprint density at radius 1 is 0.595 bits per heavy atom. The summed E-state index contributed by atoms with van der Waals surface area (Å²) in [6.07, 6.45) is 0. The van der Waals surface area contributed by atoms with E-state index in [9.17, 15) is 8.42 Å². The van der Waals surface area contributed by atoms with E-state index >= 15 is 0 Å². The molecule has 0 amide bonds. The Labute approximate surface area is 246 Å². The Balaban J connectivity index is 1.67. The van der Waals surface area contributed by atoms with Crippen LogP contribution < -0.4 is 9.04 Å². The number of aromatic amines is 1. The minimum atomic E-state index is -4.03.